The van der Waals surface area contributed by atoms with Crippen LogP contribution in [-0.4, -0.2) is 15.0 Å². The van der Waals surface area contributed by atoms with Gasteiger partial charge in [0.2, 0.25) is 5.28 Å². The second-order valence-electron chi connectivity index (χ2n) is 3.69. The lowest BCUT2D eigenvalue weighted by atomic mass is 10.3. The third-order valence-corrected chi connectivity index (χ3v) is 3.56. The maximum Gasteiger partial charge on any atom is 0.224 e. The number of anilines is 1. The van der Waals surface area contributed by atoms with Crippen LogP contribution in [-0.2, 0) is 6.54 Å². The molecule has 0 aromatic carbocycles. The van der Waals surface area contributed by atoms with Gasteiger partial charge in [-0.1, -0.05) is 0 Å². The molecule has 3 aromatic rings. The average molecular weight is 277 g/mol. The Bertz CT molecular complexity index is 668. The van der Waals surface area contributed by atoms with E-state index >= 15 is 0 Å². The van der Waals surface area contributed by atoms with Crippen molar-refractivity contribution in [2.24, 2.45) is 0 Å². The molecule has 4 nitrogen and oxygen atoms in total. The third kappa shape index (κ3) is 2.27. The molecule has 0 aliphatic carbocycles. The summed E-state index contributed by atoms with van der Waals surface area (Å²) >= 11 is 7.49. The highest BCUT2D eigenvalue weighted by Crippen LogP contribution is 2.27. The first kappa shape index (κ1) is 11.4. The summed E-state index contributed by atoms with van der Waals surface area (Å²) in [6.45, 7) is 0.683. The molecule has 3 rings (SSSR count). The molecule has 0 aliphatic rings. The SMILES string of the molecule is Clc1nc(NCc2ccncc2)c2sccc2n1. The molecule has 0 fully saturated rings. The number of halogens is 1. The van der Waals surface area contributed by atoms with Gasteiger partial charge in [0.15, 0.2) is 0 Å². The smallest absolute Gasteiger partial charge is 0.224 e. The van der Waals surface area contributed by atoms with Gasteiger partial charge in [-0.25, -0.2) is 4.98 Å². The maximum atomic E-state index is 5.89. The van der Waals surface area contributed by atoms with E-state index in [-0.39, 0.29) is 5.28 Å². The number of aromatic nitrogens is 3. The summed E-state index contributed by atoms with van der Waals surface area (Å²) in [4.78, 5) is 12.4. The normalized spacial score (nSPS) is 10.7. The molecule has 0 saturated carbocycles. The van der Waals surface area contributed by atoms with Crippen molar-refractivity contribution in [3.8, 4) is 0 Å². The lowest BCUT2D eigenvalue weighted by Crippen LogP contribution is -2.02. The first-order chi connectivity index (χ1) is 8.83. The second kappa shape index (κ2) is 4.88. The molecule has 0 aliphatic heterocycles. The van der Waals surface area contributed by atoms with Crippen molar-refractivity contribution in [2.75, 3.05) is 5.32 Å². The maximum absolute atomic E-state index is 5.89. The van der Waals surface area contributed by atoms with E-state index in [0.717, 1.165) is 21.6 Å². The largest absolute Gasteiger partial charge is 0.365 e. The topological polar surface area (TPSA) is 50.7 Å². The number of hydrogen-bond acceptors (Lipinski definition) is 5. The van der Waals surface area contributed by atoms with Crippen molar-refractivity contribution in [3.05, 3.63) is 46.8 Å². The molecule has 90 valence electrons. The highest BCUT2D eigenvalue weighted by Gasteiger charge is 2.07. The van der Waals surface area contributed by atoms with Crippen LogP contribution in [0.2, 0.25) is 5.28 Å². The Morgan fingerprint density at radius 3 is 2.83 bits per heavy atom. The highest BCUT2D eigenvalue weighted by molar-refractivity contribution is 7.17. The predicted octanol–water partition coefficient (Wildman–Crippen LogP) is 3.35. The predicted molar refractivity (Wildman–Crippen MR) is 74.0 cm³/mol. The third-order valence-electron chi connectivity index (χ3n) is 2.49. The van der Waals surface area contributed by atoms with Crippen molar-refractivity contribution < 1.29 is 0 Å². The minimum absolute atomic E-state index is 0.262. The summed E-state index contributed by atoms with van der Waals surface area (Å²) < 4.78 is 1.02. The van der Waals surface area contributed by atoms with Gasteiger partial charge in [-0.05, 0) is 40.7 Å². The van der Waals surface area contributed by atoms with Crippen LogP contribution in [0.5, 0.6) is 0 Å². The summed E-state index contributed by atoms with van der Waals surface area (Å²) in [7, 11) is 0. The Kier molecular flexibility index (Phi) is 3.08. The Labute approximate surface area is 113 Å². The van der Waals surface area contributed by atoms with Gasteiger partial charge in [0, 0.05) is 18.9 Å². The van der Waals surface area contributed by atoms with E-state index in [1.165, 1.54) is 0 Å². The molecule has 0 saturated heterocycles. The summed E-state index contributed by atoms with van der Waals surface area (Å²) in [6.07, 6.45) is 3.54. The Morgan fingerprint density at radius 1 is 1.17 bits per heavy atom. The fourth-order valence-electron chi connectivity index (χ4n) is 1.64. The van der Waals surface area contributed by atoms with Gasteiger partial charge < -0.3 is 5.32 Å². The van der Waals surface area contributed by atoms with E-state index < -0.39 is 0 Å². The minimum atomic E-state index is 0.262. The van der Waals surface area contributed by atoms with Gasteiger partial charge in [-0.15, -0.1) is 11.3 Å². The van der Waals surface area contributed by atoms with Crippen molar-refractivity contribution in [2.45, 2.75) is 6.54 Å². The molecule has 6 heteroatoms. The lowest BCUT2D eigenvalue weighted by molar-refractivity contribution is 1.09. The number of pyridine rings is 1. The van der Waals surface area contributed by atoms with Crippen LogP contribution in [0.3, 0.4) is 0 Å². The van der Waals surface area contributed by atoms with Crippen LogP contribution in [0.25, 0.3) is 10.2 Å². The molecule has 3 aromatic heterocycles. The molecule has 0 unspecified atom stereocenters. The molecule has 0 atom stereocenters. The number of nitrogens with one attached hydrogen (secondary N) is 1. The van der Waals surface area contributed by atoms with E-state index in [9.17, 15) is 0 Å². The van der Waals surface area contributed by atoms with Gasteiger partial charge in [-0.3, -0.25) is 4.98 Å². The average Bonchev–Trinajstić information content (AvgIpc) is 2.85. The number of nitrogens with zero attached hydrogens (tertiary/aromatic N) is 3. The molecule has 1 N–H and O–H groups in total. The zero-order valence-electron chi connectivity index (χ0n) is 9.30. The summed E-state index contributed by atoms with van der Waals surface area (Å²) in [5.41, 5.74) is 2.02. The van der Waals surface area contributed by atoms with E-state index in [2.05, 4.69) is 20.3 Å². The van der Waals surface area contributed by atoms with Gasteiger partial charge in [0.25, 0.3) is 0 Å². The molecule has 0 spiro atoms. The molecule has 0 bridgehead atoms. The fraction of sp³-hybridized carbons (Fsp3) is 0.0833. The second-order valence-corrected chi connectivity index (χ2v) is 4.94. The van der Waals surface area contributed by atoms with Crippen LogP contribution in [0.15, 0.2) is 36.0 Å². The molecular weight excluding hydrogens is 268 g/mol. The summed E-state index contributed by atoms with van der Waals surface area (Å²) in [6, 6.07) is 5.86. The number of rotatable bonds is 3. The van der Waals surface area contributed by atoms with Gasteiger partial charge >= 0.3 is 0 Å². The zero-order valence-corrected chi connectivity index (χ0v) is 10.9. The standard InChI is InChI=1S/C12H9ClN4S/c13-12-16-9-3-6-18-10(9)11(17-12)15-7-8-1-4-14-5-2-8/h1-6H,7H2,(H,15,16,17). The fourth-order valence-corrected chi connectivity index (χ4v) is 2.61. The van der Waals surface area contributed by atoms with Crippen molar-refractivity contribution >= 4 is 39.0 Å². The lowest BCUT2D eigenvalue weighted by Gasteiger charge is -2.06. The number of hydrogen-bond donors (Lipinski definition) is 1. The van der Waals surface area contributed by atoms with Gasteiger partial charge in [-0.2, -0.15) is 4.98 Å². The van der Waals surface area contributed by atoms with E-state index in [1.807, 2.05) is 23.6 Å². The Balaban J connectivity index is 1.88. The van der Waals surface area contributed by atoms with Crippen molar-refractivity contribution in [1.82, 2.24) is 15.0 Å². The molecule has 0 radical (unpaired) electrons. The molecule has 18 heavy (non-hydrogen) atoms. The van der Waals surface area contributed by atoms with Crippen LogP contribution >= 0.6 is 22.9 Å². The van der Waals surface area contributed by atoms with Gasteiger partial charge in [0.1, 0.15) is 5.82 Å². The van der Waals surface area contributed by atoms with Crippen molar-refractivity contribution in [1.29, 1.82) is 0 Å². The first-order valence-corrected chi connectivity index (χ1v) is 6.62. The van der Waals surface area contributed by atoms with Crippen LogP contribution in [0.4, 0.5) is 5.82 Å². The van der Waals surface area contributed by atoms with E-state index in [1.54, 1.807) is 23.7 Å². The molecule has 3 heterocycles. The van der Waals surface area contributed by atoms with Gasteiger partial charge in [0.05, 0.1) is 10.2 Å². The Hall–Kier alpha value is -1.72. The first-order valence-electron chi connectivity index (χ1n) is 5.36. The van der Waals surface area contributed by atoms with Crippen LogP contribution < -0.4 is 5.32 Å². The minimum Gasteiger partial charge on any atom is -0.365 e. The van der Waals surface area contributed by atoms with Crippen LogP contribution in [0.1, 0.15) is 5.56 Å². The highest BCUT2D eigenvalue weighted by atomic mass is 35.5. The molecular formula is C12H9ClN4S. The zero-order chi connectivity index (χ0) is 12.4. The number of fused-ring (bicyclic) bond motifs is 1. The Morgan fingerprint density at radius 2 is 2.00 bits per heavy atom. The van der Waals surface area contributed by atoms with Crippen LogP contribution in [0, 0.1) is 0 Å². The van der Waals surface area contributed by atoms with Crippen molar-refractivity contribution in [3.63, 3.8) is 0 Å². The monoisotopic (exact) mass is 276 g/mol. The summed E-state index contributed by atoms with van der Waals surface area (Å²) in [5, 5.41) is 5.52. The van der Waals surface area contributed by atoms with E-state index in [0.29, 0.717) is 6.54 Å². The quantitative estimate of drug-likeness (QED) is 0.746. The number of thiophene rings is 1. The van der Waals surface area contributed by atoms with E-state index in [4.69, 9.17) is 11.6 Å². The molecule has 0 amide bonds. The summed E-state index contributed by atoms with van der Waals surface area (Å²) in [5.74, 6) is 0.775.